The fraction of sp³-hybridized carbons (Fsp3) is 0.212. The van der Waals surface area contributed by atoms with Gasteiger partial charge in [0, 0.05) is 0 Å². The third-order valence-electron chi connectivity index (χ3n) is 7.04. The molecule has 5 rings (SSSR count). The minimum atomic E-state index is -4.37. The van der Waals surface area contributed by atoms with Crippen molar-refractivity contribution < 1.29 is 13.2 Å². The van der Waals surface area contributed by atoms with Gasteiger partial charge in [0.25, 0.3) is 0 Å². The summed E-state index contributed by atoms with van der Waals surface area (Å²) in [5, 5.41) is 4.61. The van der Waals surface area contributed by atoms with Gasteiger partial charge in [-0.25, -0.2) is 0 Å². The Balaban J connectivity index is 2.04. The summed E-state index contributed by atoms with van der Waals surface area (Å²) in [5.41, 5.74) is 5.74. The first kappa shape index (κ1) is 24.1. The van der Waals surface area contributed by atoms with Gasteiger partial charge in [0.1, 0.15) is 0 Å². The smallest absolute Gasteiger partial charge is 0.166 e. The predicted molar refractivity (Wildman–Crippen MR) is 146 cm³/mol. The SMILES string of the molecule is CC(C)c1cccc2c1c(-c1ccccc1)c(-c1ccc(C(F)(F)F)cc1)c1cccc(C(C)C)c12. The zero-order valence-corrected chi connectivity index (χ0v) is 20.9. The zero-order chi connectivity index (χ0) is 25.6. The largest absolute Gasteiger partial charge is 0.416 e. The van der Waals surface area contributed by atoms with Gasteiger partial charge in [-0.15, -0.1) is 0 Å². The Morgan fingerprint density at radius 1 is 0.500 bits per heavy atom. The Labute approximate surface area is 210 Å². The second-order valence-corrected chi connectivity index (χ2v) is 10.0. The first-order valence-corrected chi connectivity index (χ1v) is 12.4. The number of alkyl halides is 3. The second kappa shape index (κ2) is 9.13. The van der Waals surface area contributed by atoms with E-state index in [0.29, 0.717) is 5.92 Å². The van der Waals surface area contributed by atoms with E-state index in [2.05, 4.69) is 76.2 Å². The highest BCUT2D eigenvalue weighted by atomic mass is 19.4. The summed E-state index contributed by atoms with van der Waals surface area (Å²) in [4.78, 5) is 0. The Morgan fingerprint density at radius 3 is 1.58 bits per heavy atom. The second-order valence-electron chi connectivity index (χ2n) is 10.0. The van der Waals surface area contributed by atoms with E-state index in [4.69, 9.17) is 0 Å². The summed E-state index contributed by atoms with van der Waals surface area (Å²) in [7, 11) is 0. The van der Waals surface area contributed by atoms with Gasteiger partial charge in [-0.3, -0.25) is 0 Å². The van der Waals surface area contributed by atoms with Crippen LogP contribution in [-0.4, -0.2) is 0 Å². The fourth-order valence-electron chi connectivity index (χ4n) is 5.38. The van der Waals surface area contributed by atoms with Gasteiger partial charge in [0.05, 0.1) is 5.56 Å². The van der Waals surface area contributed by atoms with E-state index in [-0.39, 0.29) is 5.92 Å². The van der Waals surface area contributed by atoms with Crippen LogP contribution in [0.2, 0.25) is 0 Å². The van der Waals surface area contributed by atoms with Crippen molar-refractivity contribution in [3.63, 3.8) is 0 Å². The molecule has 0 fully saturated rings. The molecule has 0 atom stereocenters. The van der Waals surface area contributed by atoms with Crippen molar-refractivity contribution in [1.29, 1.82) is 0 Å². The molecule has 0 nitrogen and oxygen atoms in total. The molecule has 0 aromatic heterocycles. The molecule has 0 amide bonds. The summed E-state index contributed by atoms with van der Waals surface area (Å²) in [6.07, 6.45) is -4.37. The van der Waals surface area contributed by atoms with Crippen molar-refractivity contribution in [2.45, 2.75) is 45.7 Å². The molecular weight excluding hydrogens is 453 g/mol. The highest BCUT2D eigenvalue weighted by Crippen LogP contribution is 2.48. The summed E-state index contributed by atoms with van der Waals surface area (Å²) in [6.45, 7) is 8.77. The van der Waals surface area contributed by atoms with Crippen LogP contribution >= 0.6 is 0 Å². The Kier molecular flexibility index (Phi) is 6.12. The molecule has 0 spiro atoms. The molecule has 0 aliphatic heterocycles. The van der Waals surface area contributed by atoms with E-state index in [0.717, 1.165) is 27.6 Å². The van der Waals surface area contributed by atoms with Crippen LogP contribution in [0.25, 0.3) is 43.8 Å². The molecule has 0 saturated heterocycles. The maximum Gasteiger partial charge on any atom is 0.416 e. The highest BCUT2D eigenvalue weighted by molar-refractivity contribution is 6.23. The molecule has 0 radical (unpaired) electrons. The van der Waals surface area contributed by atoms with E-state index >= 15 is 0 Å². The molecule has 0 heterocycles. The highest BCUT2D eigenvalue weighted by Gasteiger charge is 2.30. The Hall–Kier alpha value is -3.59. The van der Waals surface area contributed by atoms with Crippen LogP contribution in [0.1, 0.15) is 56.2 Å². The molecule has 5 aromatic carbocycles. The molecule has 5 aromatic rings. The van der Waals surface area contributed by atoms with Gasteiger partial charge in [-0.05, 0) is 78.9 Å². The van der Waals surface area contributed by atoms with Crippen LogP contribution in [0, 0.1) is 0 Å². The van der Waals surface area contributed by atoms with E-state index in [9.17, 15) is 13.2 Å². The zero-order valence-electron chi connectivity index (χ0n) is 20.9. The standard InChI is InChI=1S/C33H29F3/c1-20(2)25-12-8-14-27-29(23-16-18-24(19-17-23)33(34,35)36)30(22-10-6-5-7-11-22)32-26(21(3)4)13-9-15-28(32)31(25)27/h5-21H,1-4H3. The van der Waals surface area contributed by atoms with Crippen molar-refractivity contribution in [3.05, 3.63) is 108 Å². The minimum Gasteiger partial charge on any atom is -0.166 e. The first-order chi connectivity index (χ1) is 17.2. The van der Waals surface area contributed by atoms with E-state index < -0.39 is 11.7 Å². The molecular formula is C33H29F3. The van der Waals surface area contributed by atoms with E-state index in [1.807, 2.05) is 18.2 Å². The maximum atomic E-state index is 13.4. The molecule has 182 valence electrons. The molecule has 0 unspecified atom stereocenters. The van der Waals surface area contributed by atoms with Gasteiger partial charge in [0.2, 0.25) is 0 Å². The number of fused-ring (bicyclic) bond motifs is 3. The topological polar surface area (TPSA) is 0 Å². The Bertz CT molecular complexity index is 1540. The third-order valence-corrected chi connectivity index (χ3v) is 7.04. The lowest BCUT2D eigenvalue weighted by molar-refractivity contribution is -0.137. The lowest BCUT2D eigenvalue weighted by atomic mass is 9.79. The first-order valence-electron chi connectivity index (χ1n) is 12.4. The van der Waals surface area contributed by atoms with Crippen molar-refractivity contribution in [3.8, 4) is 22.3 Å². The average molecular weight is 483 g/mol. The fourth-order valence-corrected chi connectivity index (χ4v) is 5.38. The Morgan fingerprint density at radius 2 is 1.03 bits per heavy atom. The maximum absolute atomic E-state index is 13.4. The number of halogens is 3. The van der Waals surface area contributed by atoms with Gasteiger partial charge >= 0.3 is 6.18 Å². The van der Waals surface area contributed by atoms with Crippen molar-refractivity contribution >= 4 is 21.5 Å². The van der Waals surface area contributed by atoms with Crippen LogP contribution in [0.3, 0.4) is 0 Å². The molecule has 0 saturated carbocycles. The van der Waals surface area contributed by atoms with Gasteiger partial charge < -0.3 is 0 Å². The summed E-state index contributed by atoms with van der Waals surface area (Å²) >= 11 is 0. The normalized spacial score (nSPS) is 12.2. The van der Waals surface area contributed by atoms with Crippen LogP contribution in [0.5, 0.6) is 0 Å². The summed E-state index contributed by atoms with van der Waals surface area (Å²) in [5.74, 6) is 0.572. The lowest BCUT2D eigenvalue weighted by Gasteiger charge is -2.24. The number of hydrogen-bond acceptors (Lipinski definition) is 0. The quantitative estimate of drug-likeness (QED) is 0.223. The average Bonchev–Trinajstić information content (AvgIpc) is 2.87. The number of rotatable bonds is 4. The van der Waals surface area contributed by atoms with Gasteiger partial charge in [-0.1, -0.05) is 107 Å². The van der Waals surface area contributed by atoms with E-state index in [1.54, 1.807) is 12.1 Å². The van der Waals surface area contributed by atoms with Crippen LogP contribution in [0.4, 0.5) is 13.2 Å². The van der Waals surface area contributed by atoms with Crippen LogP contribution in [-0.2, 0) is 6.18 Å². The third kappa shape index (κ3) is 4.07. The molecule has 3 heteroatoms. The molecule has 36 heavy (non-hydrogen) atoms. The van der Waals surface area contributed by atoms with Crippen molar-refractivity contribution in [1.82, 2.24) is 0 Å². The van der Waals surface area contributed by atoms with Crippen LogP contribution in [0.15, 0.2) is 91.0 Å². The van der Waals surface area contributed by atoms with Gasteiger partial charge in [-0.2, -0.15) is 13.2 Å². The van der Waals surface area contributed by atoms with E-state index in [1.165, 1.54) is 39.4 Å². The monoisotopic (exact) mass is 482 g/mol. The number of hydrogen-bond donors (Lipinski definition) is 0. The number of benzene rings is 5. The minimum absolute atomic E-state index is 0.278. The van der Waals surface area contributed by atoms with Gasteiger partial charge in [0.15, 0.2) is 0 Å². The van der Waals surface area contributed by atoms with Crippen molar-refractivity contribution in [2.24, 2.45) is 0 Å². The molecule has 0 aliphatic carbocycles. The van der Waals surface area contributed by atoms with Crippen molar-refractivity contribution in [2.75, 3.05) is 0 Å². The summed E-state index contributed by atoms with van der Waals surface area (Å²) < 4.78 is 40.2. The predicted octanol–water partition coefficient (Wildman–Crippen LogP) is 10.6. The lowest BCUT2D eigenvalue weighted by Crippen LogP contribution is -2.04. The molecule has 0 bridgehead atoms. The molecule has 0 N–H and O–H groups in total. The van der Waals surface area contributed by atoms with Crippen LogP contribution < -0.4 is 0 Å². The molecule has 0 aliphatic rings. The summed E-state index contributed by atoms with van der Waals surface area (Å²) in [6, 6.07) is 28.7.